The van der Waals surface area contributed by atoms with Crippen LogP contribution in [0.15, 0.2) is 12.5 Å². The topological polar surface area (TPSA) is 38.2 Å². The van der Waals surface area contributed by atoms with Crippen LogP contribution in [-0.2, 0) is 4.74 Å². The van der Waals surface area contributed by atoms with E-state index in [1.807, 2.05) is 6.20 Å². The molecule has 82 valence electrons. The molecule has 0 N–H and O–H groups in total. The summed E-state index contributed by atoms with van der Waals surface area (Å²) in [5.74, 6) is 1.01. The first kappa shape index (κ1) is 11.1. The van der Waals surface area contributed by atoms with Gasteiger partial charge in [0, 0.05) is 12.7 Å². The molecular formula is C10H14IN3O. The van der Waals surface area contributed by atoms with Gasteiger partial charge in [0.1, 0.15) is 12.1 Å². The number of aromatic nitrogens is 2. The van der Waals surface area contributed by atoms with Gasteiger partial charge in [-0.05, 0) is 36.4 Å². The number of halogens is 1. The van der Waals surface area contributed by atoms with Gasteiger partial charge in [0.05, 0.1) is 22.3 Å². The van der Waals surface area contributed by atoms with Crippen molar-refractivity contribution in [1.82, 2.24) is 9.97 Å². The fraction of sp³-hybridized carbons (Fsp3) is 0.600. The molecule has 0 saturated carbocycles. The van der Waals surface area contributed by atoms with Crippen LogP contribution in [0.5, 0.6) is 0 Å². The van der Waals surface area contributed by atoms with Gasteiger partial charge < -0.3 is 9.64 Å². The zero-order valence-corrected chi connectivity index (χ0v) is 11.1. The van der Waals surface area contributed by atoms with E-state index in [9.17, 15) is 0 Å². The van der Waals surface area contributed by atoms with Crippen LogP contribution in [0.1, 0.15) is 13.8 Å². The highest BCUT2D eigenvalue weighted by Crippen LogP contribution is 2.28. The third-order valence-electron chi connectivity index (χ3n) is 2.55. The van der Waals surface area contributed by atoms with Crippen LogP contribution < -0.4 is 4.90 Å². The molecule has 2 heterocycles. The summed E-state index contributed by atoms with van der Waals surface area (Å²) in [6.45, 7) is 6.74. The van der Waals surface area contributed by atoms with Crippen molar-refractivity contribution in [3.8, 4) is 0 Å². The van der Waals surface area contributed by atoms with E-state index in [0.717, 1.165) is 29.1 Å². The molecule has 1 aliphatic heterocycles. The predicted molar refractivity (Wildman–Crippen MR) is 67.0 cm³/mol. The van der Waals surface area contributed by atoms with Gasteiger partial charge in [-0.1, -0.05) is 0 Å². The lowest BCUT2D eigenvalue weighted by molar-refractivity contribution is 0.0638. The first-order chi connectivity index (χ1) is 7.11. The Balaban J connectivity index is 2.33. The van der Waals surface area contributed by atoms with Gasteiger partial charge in [-0.25, -0.2) is 9.97 Å². The molecule has 0 aromatic carbocycles. The van der Waals surface area contributed by atoms with Crippen LogP contribution in [0.2, 0.25) is 0 Å². The minimum Gasteiger partial charge on any atom is -0.377 e. The first-order valence-electron chi connectivity index (χ1n) is 4.92. The van der Waals surface area contributed by atoms with Gasteiger partial charge in [-0.3, -0.25) is 0 Å². The Kier molecular flexibility index (Phi) is 3.11. The number of ether oxygens (including phenoxy) is 1. The number of hydrogen-bond acceptors (Lipinski definition) is 4. The standard InChI is InChI=1S/C10H14IN3O/c1-10(2)6-15-4-3-14(10)9-8(11)5-12-7-13-9/h5,7H,3-4,6H2,1-2H3. The molecule has 4 nitrogen and oxygen atoms in total. The highest BCUT2D eigenvalue weighted by molar-refractivity contribution is 14.1. The van der Waals surface area contributed by atoms with Crippen LogP contribution in [0.3, 0.4) is 0 Å². The fourth-order valence-electron chi connectivity index (χ4n) is 1.76. The summed E-state index contributed by atoms with van der Waals surface area (Å²) in [5.41, 5.74) is 0.00647. The number of morpholine rings is 1. The van der Waals surface area contributed by atoms with Crippen molar-refractivity contribution in [2.45, 2.75) is 19.4 Å². The minimum absolute atomic E-state index is 0.00647. The minimum atomic E-state index is 0.00647. The second-order valence-electron chi connectivity index (χ2n) is 4.21. The van der Waals surface area contributed by atoms with Crippen LogP contribution in [-0.4, -0.2) is 35.3 Å². The van der Waals surface area contributed by atoms with E-state index in [4.69, 9.17) is 4.74 Å². The fourth-order valence-corrected chi connectivity index (χ4v) is 2.35. The van der Waals surface area contributed by atoms with Gasteiger partial charge in [-0.2, -0.15) is 0 Å². The first-order valence-corrected chi connectivity index (χ1v) is 6.00. The summed E-state index contributed by atoms with van der Waals surface area (Å²) in [6, 6.07) is 0. The SMILES string of the molecule is CC1(C)COCCN1c1ncncc1I. The summed E-state index contributed by atoms with van der Waals surface area (Å²) < 4.78 is 6.58. The highest BCUT2D eigenvalue weighted by Gasteiger charge is 2.32. The molecule has 15 heavy (non-hydrogen) atoms. The molecule has 1 aromatic rings. The maximum Gasteiger partial charge on any atom is 0.146 e. The molecule has 0 amide bonds. The molecule has 1 saturated heterocycles. The molecule has 1 aliphatic rings. The largest absolute Gasteiger partial charge is 0.377 e. The molecule has 0 bridgehead atoms. The molecule has 1 fully saturated rings. The van der Waals surface area contributed by atoms with Gasteiger partial charge in [0.2, 0.25) is 0 Å². The van der Waals surface area contributed by atoms with Crippen molar-refractivity contribution in [2.75, 3.05) is 24.7 Å². The lowest BCUT2D eigenvalue weighted by Crippen LogP contribution is -2.53. The highest BCUT2D eigenvalue weighted by atomic mass is 127. The van der Waals surface area contributed by atoms with Gasteiger partial charge in [0.15, 0.2) is 0 Å². The Bertz CT molecular complexity index is 356. The molecule has 0 radical (unpaired) electrons. The maximum atomic E-state index is 5.49. The molecule has 0 atom stereocenters. The van der Waals surface area contributed by atoms with E-state index in [1.165, 1.54) is 0 Å². The van der Waals surface area contributed by atoms with Crippen molar-refractivity contribution in [3.63, 3.8) is 0 Å². The normalized spacial score (nSPS) is 20.3. The molecule has 5 heteroatoms. The average molecular weight is 319 g/mol. The van der Waals surface area contributed by atoms with E-state index >= 15 is 0 Å². The number of rotatable bonds is 1. The predicted octanol–water partition coefficient (Wildman–Crippen LogP) is 1.70. The van der Waals surface area contributed by atoms with Crippen LogP contribution in [0.25, 0.3) is 0 Å². The summed E-state index contributed by atoms with van der Waals surface area (Å²) in [6.07, 6.45) is 3.44. The summed E-state index contributed by atoms with van der Waals surface area (Å²) >= 11 is 2.27. The van der Waals surface area contributed by atoms with Crippen molar-refractivity contribution < 1.29 is 4.74 Å². The van der Waals surface area contributed by atoms with Gasteiger partial charge in [0.25, 0.3) is 0 Å². The Morgan fingerprint density at radius 2 is 2.33 bits per heavy atom. The van der Waals surface area contributed by atoms with Crippen LogP contribution in [0, 0.1) is 3.57 Å². The third-order valence-corrected chi connectivity index (χ3v) is 3.31. The van der Waals surface area contributed by atoms with Crippen LogP contribution >= 0.6 is 22.6 Å². The average Bonchev–Trinajstić information content (AvgIpc) is 2.19. The lowest BCUT2D eigenvalue weighted by atomic mass is 10.0. The van der Waals surface area contributed by atoms with Crippen molar-refractivity contribution in [3.05, 3.63) is 16.1 Å². The van der Waals surface area contributed by atoms with Crippen LogP contribution in [0.4, 0.5) is 5.82 Å². The molecular weight excluding hydrogens is 305 g/mol. The number of nitrogens with zero attached hydrogens (tertiary/aromatic N) is 3. The second kappa shape index (κ2) is 4.21. The Morgan fingerprint density at radius 1 is 1.53 bits per heavy atom. The van der Waals surface area contributed by atoms with E-state index in [-0.39, 0.29) is 5.54 Å². The lowest BCUT2D eigenvalue weighted by Gasteiger charge is -2.43. The smallest absolute Gasteiger partial charge is 0.146 e. The Labute approximate surface area is 103 Å². The molecule has 2 rings (SSSR count). The van der Waals surface area contributed by atoms with E-state index in [2.05, 4.69) is 51.3 Å². The zero-order valence-electron chi connectivity index (χ0n) is 8.90. The zero-order chi connectivity index (χ0) is 10.9. The Hall–Kier alpha value is -0.430. The second-order valence-corrected chi connectivity index (χ2v) is 5.37. The van der Waals surface area contributed by atoms with E-state index < -0.39 is 0 Å². The van der Waals surface area contributed by atoms with E-state index in [1.54, 1.807) is 6.33 Å². The monoisotopic (exact) mass is 319 g/mol. The number of anilines is 1. The van der Waals surface area contributed by atoms with E-state index in [0.29, 0.717) is 0 Å². The summed E-state index contributed by atoms with van der Waals surface area (Å²) in [5, 5.41) is 0. The van der Waals surface area contributed by atoms with Gasteiger partial charge >= 0.3 is 0 Å². The Morgan fingerprint density at radius 3 is 3.00 bits per heavy atom. The molecule has 1 aromatic heterocycles. The van der Waals surface area contributed by atoms with Crippen molar-refractivity contribution in [1.29, 1.82) is 0 Å². The summed E-state index contributed by atoms with van der Waals surface area (Å²) in [7, 11) is 0. The maximum absolute atomic E-state index is 5.49. The van der Waals surface area contributed by atoms with Crippen molar-refractivity contribution >= 4 is 28.4 Å². The quantitative estimate of drug-likeness (QED) is 0.739. The van der Waals surface area contributed by atoms with Gasteiger partial charge in [-0.15, -0.1) is 0 Å². The third kappa shape index (κ3) is 2.23. The molecule has 0 unspecified atom stereocenters. The van der Waals surface area contributed by atoms with Crippen molar-refractivity contribution in [2.24, 2.45) is 0 Å². The number of hydrogen-bond donors (Lipinski definition) is 0. The molecule has 0 spiro atoms. The molecule has 0 aliphatic carbocycles. The summed E-state index contributed by atoms with van der Waals surface area (Å²) in [4.78, 5) is 10.7.